The molecule has 2 aromatic rings. The van der Waals surface area contributed by atoms with Crippen LogP contribution in [0.5, 0.6) is 11.5 Å². The first-order valence-electron chi connectivity index (χ1n) is 7.77. The number of benzene rings is 2. The van der Waals surface area contributed by atoms with Gasteiger partial charge in [-0.25, -0.2) is 8.78 Å². The summed E-state index contributed by atoms with van der Waals surface area (Å²) >= 11 is 3.44. The summed E-state index contributed by atoms with van der Waals surface area (Å²) in [7, 11) is 4.73. The smallest absolute Gasteiger partial charge is 0.191 e. The third kappa shape index (κ3) is 6.49. The summed E-state index contributed by atoms with van der Waals surface area (Å²) in [5.74, 6) is 0.711. The number of guanidine groups is 1. The maximum absolute atomic E-state index is 13.7. The van der Waals surface area contributed by atoms with Crippen molar-refractivity contribution in [3.8, 4) is 11.5 Å². The highest BCUT2D eigenvalue weighted by molar-refractivity contribution is 14.0. The van der Waals surface area contributed by atoms with Gasteiger partial charge in [-0.3, -0.25) is 4.99 Å². The fourth-order valence-electron chi connectivity index (χ4n) is 2.34. The number of ether oxygens (including phenoxy) is 2. The van der Waals surface area contributed by atoms with Gasteiger partial charge in [-0.1, -0.05) is 0 Å². The summed E-state index contributed by atoms with van der Waals surface area (Å²) in [6.45, 7) is 0.559. The zero-order valence-corrected chi connectivity index (χ0v) is 19.0. The second-order valence-corrected chi connectivity index (χ2v) is 6.18. The molecule has 2 rings (SSSR count). The van der Waals surface area contributed by atoms with E-state index in [1.54, 1.807) is 21.3 Å². The maximum atomic E-state index is 13.7. The van der Waals surface area contributed by atoms with Crippen molar-refractivity contribution in [2.75, 3.05) is 21.3 Å². The van der Waals surface area contributed by atoms with Crippen LogP contribution in [0, 0.1) is 11.6 Å². The molecule has 0 aliphatic rings. The lowest BCUT2D eigenvalue weighted by Crippen LogP contribution is -2.36. The van der Waals surface area contributed by atoms with Crippen molar-refractivity contribution in [3.05, 3.63) is 57.6 Å². The zero-order chi connectivity index (χ0) is 19.1. The molecule has 9 heteroatoms. The molecule has 0 atom stereocenters. The van der Waals surface area contributed by atoms with Crippen LogP contribution in [0.3, 0.4) is 0 Å². The topological polar surface area (TPSA) is 54.9 Å². The van der Waals surface area contributed by atoms with Crippen LogP contribution in [0.2, 0.25) is 0 Å². The molecule has 0 aliphatic heterocycles. The van der Waals surface area contributed by atoms with E-state index in [4.69, 9.17) is 9.47 Å². The predicted octanol–water partition coefficient (Wildman–Crippen LogP) is 4.23. The van der Waals surface area contributed by atoms with E-state index in [1.165, 1.54) is 0 Å². The molecule has 0 bridgehead atoms. The van der Waals surface area contributed by atoms with E-state index in [0.29, 0.717) is 24.0 Å². The molecular weight excluding hydrogens is 535 g/mol. The number of nitrogens with zero attached hydrogens (tertiary/aromatic N) is 1. The SMILES string of the molecule is CN=C(NCc1cc(Br)c(OC)c(OC)c1)NCc1cc(F)ccc1F.I. The maximum Gasteiger partial charge on any atom is 0.191 e. The summed E-state index contributed by atoms with van der Waals surface area (Å²) in [5.41, 5.74) is 1.15. The molecule has 2 aromatic carbocycles. The van der Waals surface area contributed by atoms with Crippen LogP contribution in [-0.2, 0) is 13.1 Å². The Labute approximate surface area is 182 Å². The van der Waals surface area contributed by atoms with E-state index >= 15 is 0 Å². The van der Waals surface area contributed by atoms with Gasteiger partial charge in [0.1, 0.15) is 11.6 Å². The summed E-state index contributed by atoms with van der Waals surface area (Å²) in [6, 6.07) is 7.08. The molecule has 5 nitrogen and oxygen atoms in total. The monoisotopic (exact) mass is 555 g/mol. The van der Waals surface area contributed by atoms with Gasteiger partial charge in [-0.15, -0.1) is 24.0 Å². The normalized spacial score (nSPS) is 10.8. The number of methoxy groups -OCH3 is 2. The van der Waals surface area contributed by atoms with E-state index in [0.717, 1.165) is 28.2 Å². The zero-order valence-electron chi connectivity index (χ0n) is 15.1. The Bertz CT molecular complexity index is 806. The molecule has 0 saturated heterocycles. The molecule has 27 heavy (non-hydrogen) atoms. The molecule has 0 amide bonds. The predicted molar refractivity (Wildman–Crippen MR) is 116 cm³/mol. The van der Waals surface area contributed by atoms with Crippen LogP contribution in [0.25, 0.3) is 0 Å². The Hall–Kier alpha value is -1.62. The summed E-state index contributed by atoms with van der Waals surface area (Å²) < 4.78 is 38.3. The number of nitrogens with one attached hydrogen (secondary N) is 2. The highest BCUT2D eigenvalue weighted by atomic mass is 127. The van der Waals surface area contributed by atoms with Gasteiger partial charge in [0.05, 0.1) is 18.7 Å². The lowest BCUT2D eigenvalue weighted by atomic mass is 10.2. The van der Waals surface area contributed by atoms with Gasteiger partial charge in [-0.05, 0) is 51.8 Å². The number of rotatable bonds is 6. The van der Waals surface area contributed by atoms with Crippen molar-refractivity contribution >= 4 is 45.9 Å². The molecule has 0 spiro atoms. The molecule has 0 radical (unpaired) electrons. The lowest BCUT2D eigenvalue weighted by Gasteiger charge is -2.15. The van der Waals surface area contributed by atoms with Crippen molar-refractivity contribution < 1.29 is 18.3 Å². The first-order valence-corrected chi connectivity index (χ1v) is 8.56. The third-order valence-electron chi connectivity index (χ3n) is 3.63. The summed E-state index contributed by atoms with van der Waals surface area (Å²) in [6.07, 6.45) is 0. The van der Waals surface area contributed by atoms with Crippen molar-refractivity contribution in [2.45, 2.75) is 13.1 Å². The second-order valence-electron chi connectivity index (χ2n) is 5.33. The van der Waals surface area contributed by atoms with Gasteiger partial charge in [0.2, 0.25) is 0 Å². The van der Waals surface area contributed by atoms with Gasteiger partial charge in [0.25, 0.3) is 0 Å². The minimum atomic E-state index is -0.485. The Morgan fingerprint density at radius 3 is 2.41 bits per heavy atom. The highest BCUT2D eigenvalue weighted by Crippen LogP contribution is 2.36. The Morgan fingerprint density at radius 2 is 1.78 bits per heavy atom. The third-order valence-corrected chi connectivity index (χ3v) is 4.22. The average Bonchev–Trinajstić information content (AvgIpc) is 2.63. The minimum absolute atomic E-state index is 0. The fourth-order valence-corrected chi connectivity index (χ4v) is 2.99. The molecular formula is C18H21BrF2IN3O2. The summed E-state index contributed by atoms with van der Waals surface area (Å²) in [4.78, 5) is 4.08. The van der Waals surface area contributed by atoms with Crippen molar-refractivity contribution in [1.29, 1.82) is 0 Å². The van der Waals surface area contributed by atoms with Crippen LogP contribution < -0.4 is 20.1 Å². The van der Waals surface area contributed by atoms with E-state index in [2.05, 4.69) is 31.6 Å². The van der Waals surface area contributed by atoms with Crippen molar-refractivity contribution in [1.82, 2.24) is 10.6 Å². The fraction of sp³-hybridized carbons (Fsp3) is 0.278. The average molecular weight is 556 g/mol. The van der Waals surface area contributed by atoms with Gasteiger partial charge < -0.3 is 20.1 Å². The van der Waals surface area contributed by atoms with Crippen LogP contribution in [-0.4, -0.2) is 27.2 Å². The van der Waals surface area contributed by atoms with Gasteiger partial charge >= 0.3 is 0 Å². The van der Waals surface area contributed by atoms with Gasteiger partial charge in [0.15, 0.2) is 17.5 Å². The quantitative estimate of drug-likeness (QED) is 0.318. The first kappa shape index (κ1) is 23.4. The lowest BCUT2D eigenvalue weighted by molar-refractivity contribution is 0.352. The molecule has 148 valence electrons. The molecule has 0 fully saturated rings. The molecule has 2 N–H and O–H groups in total. The number of halogens is 4. The molecule has 0 saturated carbocycles. The minimum Gasteiger partial charge on any atom is -0.493 e. The summed E-state index contributed by atoms with van der Waals surface area (Å²) in [5, 5.41) is 6.07. The van der Waals surface area contributed by atoms with E-state index in [-0.39, 0.29) is 36.1 Å². The van der Waals surface area contributed by atoms with Crippen LogP contribution in [0.4, 0.5) is 8.78 Å². The van der Waals surface area contributed by atoms with Gasteiger partial charge in [0, 0.05) is 25.7 Å². The largest absolute Gasteiger partial charge is 0.493 e. The highest BCUT2D eigenvalue weighted by Gasteiger charge is 2.11. The number of hydrogen-bond acceptors (Lipinski definition) is 3. The van der Waals surface area contributed by atoms with E-state index in [1.807, 2.05) is 12.1 Å². The second kappa shape index (κ2) is 11.3. The molecule has 0 aromatic heterocycles. The first-order chi connectivity index (χ1) is 12.5. The van der Waals surface area contributed by atoms with Crippen molar-refractivity contribution in [2.24, 2.45) is 4.99 Å². The van der Waals surface area contributed by atoms with E-state index < -0.39 is 11.6 Å². The van der Waals surface area contributed by atoms with Crippen molar-refractivity contribution in [3.63, 3.8) is 0 Å². The van der Waals surface area contributed by atoms with Crippen LogP contribution >= 0.6 is 39.9 Å². The molecule has 0 unspecified atom stereocenters. The number of hydrogen-bond donors (Lipinski definition) is 2. The van der Waals surface area contributed by atoms with Crippen LogP contribution in [0.15, 0.2) is 39.8 Å². The van der Waals surface area contributed by atoms with E-state index in [9.17, 15) is 8.78 Å². The van der Waals surface area contributed by atoms with Gasteiger partial charge in [-0.2, -0.15) is 0 Å². The Balaban J connectivity index is 0.00000364. The molecule has 0 aliphatic carbocycles. The molecule has 0 heterocycles. The Morgan fingerprint density at radius 1 is 1.07 bits per heavy atom. The standard InChI is InChI=1S/C18H20BrF2N3O2.HI/c1-22-18(24-10-12-8-13(20)4-5-15(12)21)23-9-11-6-14(19)17(26-3)16(7-11)25-2;/h4-8H,9-10H2,1-3H3,(H2,22,23,24);1H. The Kier molecular flexibility index (Phi) is 9.78. The van der Waals surface area contributed by atoms with Crippen LogP contribution in [0.1, 0.15) is 11.1 Å². The number of aliphatic imine (C=N–C) groups is 1.